The topological polar surface area (TPSA) is 17.8 Å². The van der Waals surface area contributed by atoms with Crippen LogP contribution >= 0.6 is 11.6 Å². The lowest BCUT2D eigenvalue weighted by molar-refractivity contribution is 0.764. The fraction of sp³-hybridized carbons (Fsp3) is 0.308. The molecule has 0 aliphatic heterocycles. The molecule has 1 aromatic carbocycles. The van der Waals surface area contributed by atoms with Crippen LogP contribution in [0.5, 0.6) is 0 Å². The molecule has 1 aromatic heterocycles. The number of halogens is 1. The molecule has 0 spiro atoms. The van der Waals surface area contributed by atoms with E-state index >= 15 is 0 Å². The normalized spacial score (nSPS) is 9.56. The molecule has 0 N–H and O–H groups in total. The first-order chi connectivity index (χ1) is 7.68. The summed E-state index contributed by atoms with van der Waals surface area (Å²) in [5, 5.41) is 5.05. The monoisotopic (exact) mass is 236 g/mol. The Bertz CT molecular complexity index is 461. The SMILES string of the molecule is CC.Cc1cc(-c2ccccc2Cl)n(C)n1. The molecular weight excluding hydrogens is 220 g/mol. The molecule has 2 aromatic rings. The van der Waals surface area contributed by atoms with Crippen molar-refractivity contribution in [2.75, 3.05) is 0 Å². The molecule has 0 aliphatic rings. The van der Waals surface area contributed by atoms with Crippen molar-refractivity contribution in [2.24, 2.45) is 7.05 Å². The lowest BCUT2D eigenvalue weighted by Gasteiger charge is -2.03. The first-order valence-corrected chi connectivity index (χ1v) is 5.82. The van der Waals surface area contributed by atoms with Crippen molar-refractivity contribution in [2.45, 2.75) is 20.8 Å². The van der Waals surface area contributed by atoms with Gasteiger partial charge in [-0.25, -0.2) is 0 Å². The Morgan fingerprint density at radius 1 is 1.19 bits per heavy atom. The fourth-order valence-electron chi connectivity index (χ4n) is 1.53. The summed E-state index contributed by atoms with van der Waals surface area (Å²) < 4.78 is 1.84. The molecule has 86 valence electrons. The quantitative estimate of drug-likeness (QED) is 0.730. The van der Waals surface area contributed by atoms with Gasteiger partial charge in [-0.05, 0) is 19.1 Å². The molecule has 1 heterocycles. The number of benzene rings is 1. The van der Waals surface area contributed by atoms with Crippen LogP contribution in [0.15, 0.2) is 30.3 Å². The van der Waals surface area contributed by atoms with Crippen LogP contribution in [0.1, 0.15) is 19.5 Å². The van der Waals surface area contributed by atoms with E-state index in [9.17, 15) is 0 Å². The fourth-order valence-corrected chi connectivity index (χ4v) is 1.76. The van der Waals surface area contributed by atoms with Gasteiger partial charge in [-0.3, -0.25) is 4.68 Å². The highest BCUT2D eigenvalue weighted by Crippen LogP contribution is 2.27. The molecule has 0 unspecified atom stereocenters. The standard InChI is InChI=1S/C11H11ClN2.C2H6/c1-8-7-11(14(2)13-8)9-5-3-4-6-10(9)12;1-2/h3-7H,1-2H3;1-2H3. The van der Waals surface area contributed by atoms with Gasteiger partial charge in [0.05, 0.1) is 11.4 Å². The highest BCUT2D eigenvalue weighted by atomic mass is 35.5. The maximum Gasteiger partial charge on any atom is 0.0696 e. The molecule has 2 rings (SSSR count). The molecular formula is C13H17ClN2. The second-order valence-electron chi connectivity index (χ2n) is 3.27. The van der Waals surface area contributed by atoms with Gasteiger partial charge in [0.1, 0.15) is 0 Å². The van der Waals surface area contributed by atoms with E-state index in [2.05, 4.69) is 5.10 Å². The Hall–Kier alpha value is -1.28. The molecule has 0 amide bonds. The Labute approximate surface area is 102 Å². The Morgan fingerprint density at radius 3 is 2.31 bits per heavy atom. The van der Waals surface area contributed by atoms with Crippen LogP contribution in [0.4, 0.5) is 0 Å². The highest BCUT2D eigenvalue weighted by Gasteiger charge is 2.07. The van der Waals surface area contributed by atoms with E-state index in [0.29, 0.717) is 0 Å². The van der Waals surface area contributed by atoms with E-state index in [1.807, 2.05) is 62.8 Å². The minimum atomic E-state index is 0.760. The summed E-state index contributed by atoms with van der Waals surface area (Å²) in [6.45, 7) is 5.97. The van der Waals surface area contributed by atoms with E-state index in [4.69, 9.17) is 11.6 Å². The zero-order valence-corrected chi connectivity index (χ0v) is 10.9. The van der Waals surface area contributed by atoms with Crippen molar-refractivity contribution in [1.82, 2.24) is 9.78 Å². The van der Waals surface area contributed by atoms with Crippen LogP contribution < -0.4 is 0 Å². The number of rotatable bonds is 1. The van der Waals surface area contributed by atoms with Crippen LogP contribution in [0.25, 0.3) is 11.3 Å². The van der Waals surface area contributed by atoms with Crippen molar-refractivity contribution in [3.63, 3.8) is 0 Å². The molecule has 0 aliphatic carbocycles. The lowest BCUT2D eigenvalue weighted by atomic mass is 10.1. The van der Waals surface area contributed by atoms with Crippen molar-refractivity contribution in [3.05, 3.63) is 41.0 Å². The van der Waals surface area contributed by atoms with E-state index in [1.54, 1.807) is 0 Å². The van der Waals surface area contributed by atoms with Crippen molar-refractivity contribution < 1.29 is 0 Å². The maximum absolute atomic E-state index is 6.10. The molecule has 2 nitrogen and oxygen atoms in total. The Balaban J connectivity index is 0.000000606. The number of hydrogen-bond donors (Lipinski definition) is 0. The van der Waals surface area contributed by atoms with E-state index in [1.165, 1.54) is 0 Å². The summed E-state index contributed by atoms with van der Waals surface area (Å²) in [6.07, 6.45) is 0. The average molecular weight is 237 g/mol. The minimum Gasteiger partial charge on any atom is -0.268 e. The smallest absolute Gasteiger partial charge is 0.0696 e. The molecule has 3 heteroatoms. The first-order valence-electron chi connectivity index (χ1n) is 5.44. The minimum absolute atomic E-state index is 0.760. The van der Waals surface area contributed by atoms with Crippen LogP contribution in [0.3, 0.4) is 0 Å². The van der Waals surface area contributed by atoms with Gasteiger partial charge in [0, 0.05) is 17.6 Å². The predicted molar refractivity (Wildman–Crippen MR) is 69.7 cm³/mol. The summed E-state index contributed by atoms with van der Waals surface area (Å²) in [5.41, 5.74) is 3.08. The zero-order valence-electron chi connectivity index (χ0n) is 10.2. The molecule has 0 fully saturated rings. The van der Waals surface area contributed by atoms with Crippen molar-refractivity contribution in [1.29, 1.82) is 0 Å². The molecule has 0 saturated carbocycles. The van der Waals surface area contributed by atoms with Gasteiger partial charge in [-0.2, -0.15) is 5.10 Å². The van der Waals surface area contributed by atoms with E-state index in [0.717, 1.165) is 22.0 Å². The van der Waals surface area contributed by atoms with Gasteiger partial charge in [0.2, 0.25) is 0 Å². The van der Waals surface area contributed by atoms with Crippen molar-refractivity contribution in [3.8, 4) is 11.3 Å². The summed E-state index contributed by atoms with van der Waals surface area (Å²) >= 11 is 6.10. The summed E-state index contributed by atoms with van der Waals surface area (Å²) in [4.78, 5) is 0. The van der Waals surface area contributed by atoms with Crippen LogP contribution in [0.2, 0.25) is 5.02 Å². The van der Waals surface area contributed by atoms with Gasteiger partial charge in [0.25, 0.3) is 0 Å². The summed E-state index contributed by atoms with van der Waals surface area (Å²) in [7, 11) is 1.92. The van der Waals surface area contributed by atoms with Gasteiger partial charge in [-0.15, -0.1) is 0 Å². The summed E-state index contributed by atoms with van der Waals surface area (Å²) in [6, 6.07) is 9.82. The number of aromatic nitrogens is 2. The second kappa shape index (κ2) is 5.71. The van der Waals surface area contributed by atoms with Gasteiger partial charge in [0.15, 0.2) is 0 Å². The molecule has 0 radical (unpaired) electrons. The molecule has 0 bridgehead atoms. The van der Waals surface area contributed by atoms with Crippen LogP contribution in [-0.2, 0) is 7.05 Å². The van der Waals surface area contributed by atoms with Crippen LogP contribution in [0, 0.1) is 6.92 Å². The lowest BCUT2D eigenvalue weighted by Crippen LogP contribution is -1.93. The second-order valence-corrected chi connectivity index (χ2v) is 3.68. The maximum atomic E-state index is 6.10. The average Bonchev–Trinajstić information content (AvgIpc) is 2.61. The van der Waals surface area contributed by atoms with Gasteiger partial charge in [-0.1, -0.05) is 43.6 Å². The number of hydrogen-bond acceptors (Lipinski definition) is 1. The number of nitrogens with zero attached hydrogens (tertiary/aromatic N) is 2. The Morgan fingerprint density at radius 2 is 1.81 bits per heavy atom. The largest absolute Gasteiger partial charge is 0.268 e. The third kappa shape index (κ3) is 2.64. The van der Waals surface area contributed by atoms with Gasteiger partial charge >= 0.3 is 0 Å². The third-order valence-corrected chi connectivity index (χ3v) is 2.48. The molecule has 0 atom stereocenters. The van der Waals surface area contributed by atoms with Gasteiger partial charge < -0.3 is 0 Å². The van der Waals surface area contributed by atoms with Crippen molar-refractivity contribution >= 4 is 11.6 Å². The third-order valence-electron chi connectivity index (χ3n) is 2.15. The Kier molecular flexibility index (Phi) is 4.56. The zero-order chi connectivity index (χ0) is 12.1. The summed E-state index contributed by atoms with van der Waals surface area (Å²) in [5.74, 6) is 0. The van der Waals surface area contributed by atoms with E-state index < -0.39 is 0 Å². The number of aryl methyl sites for hydroxylation is 2. The van der Waals surface area contributed by atoms with Crippen LogP contribution in [-0.4, -0.2) is 9.78 Å². The molecule has 0 saturated heterocycles. The predicted octanol–water partition coefficient (Wildman–Crippen LogP) is 4.08. The highest BCUT2D eigenvalue weighted by molar-refractivity contribution is 6.33. The molecule has 16 heavy (non-hydrogen) atoms. The van der Waals surface area contributed by atoms with E-state index in [-0.39, 0.29) is 0 Å². The first kappa shape index (κ1) is 12.8.